The SMILES string of the molecule is O=[N+]([O-])c1ccc(N(c2ccc(Oc3cccc4cccnc34)cc2)c2ccc([N+](=O)[O-])cc2)cc1. The first-order chi connectivity index (χ1) is 17.5. The molecule has 36 heavy (non-hydrogen) atoms. The molecule has 0 aliphatic carbocycles. The Bertz CT molecular complexity index is 1490. The van der Waals surface area contributed by atoms with Crippen molar-refractivity contribution in [2.75, 3.05) is 4.90 Å². The molecule has 0 N–H and O–H groups in total. The average molecular weight is 478 g/mol. The highest BCUT2D eigenvalue weighted by molar-refractivity contribution is 5.84. The van der Waals surface area contributed by atoms with Crippen LogP contribution in [0.5, 0.6) is 11.5 Å². The summed E-state index contributed by atoms with van der Waals surface area (Å²) in [7, 11) is 0. The second-order valence-corrected chi connectivity index (χ2v) is 7.81. The van der Waals surface area contributed by atoms with Crippen LogP contribution in [0.3, 0.4) is 0 Å². The molecular formula is C27H18N4O5. The molecule has 0 atom stereocenters. The monoisotopic (exact) mass is 478 g/mol. The molecule has 0 fully saturated rings. The van der Waals surface area contributed by atoms with Gasteiger partial charge < -0.3 is 9.64 Å². The first-order valence-electron chi connectivity index (χ1n) is 10.9. The van der Waals surface area contributed by atoms with Gasteiger partial charge in [-0.1, -0.05) is 18.2 Å². The molecule has 1 heterocycles. The van der Waals surface area contributed by atoms with E-state index in [-0.39, 0.29) is 11.4 Å². The van der Waals surface area contributed by atoms with E-state index >= 15 is 0 Å². The van der Waals surface area contributed by atoms with E-state index in [0.717, 1.165) is 16.6 Å². The molecule has 0 amide bonds. The Morgan fingerprint density at radius 2 is 1.14 bits per heavy atom. The number of ether oxygens (including phenoxy) is 1. The number of aromatic nitrogens is 1. The number of rotatable bonds is 7. The van der Waals surface area contributed by atoms with Crippen LogP contribution in [0.15, 0.2) is 109 Å². The maximum absolute atomic E-state index is 11.1. The summed E-state index contributed by atoms with van der Waals surface area (Å²) in [4.78, 5) is 27.5. The highest BCUT2D eigenvalue weighted by atomic mass is 16.6. The Hall–Kier alpha value is -5.31. The number of nitro benzene ring substituents is 2. The van der Waals surface area contributed by atoms with E-state index in [9.17, 15) is 20.2 Å². The number of para-hydroxylation sites is 1. The fourth-order valence-corrected chi connectivity index (χ4v) is 3.84. The van der Waals surface area contributed by atoms with E-state index in [1.54, 1.807) is 42.6 Å². The van der Waals surface area contributed by atoms with E-state index in [1.807, 2.05) is 47.4 Å². The lowest BCUT2D eigenvalue weighted by Crippen LogP contribution is -2.10. The maximum Gasteiger partial charge on any atom is 0.269 e. The van der Waals surface area contributed by atoms with Crippen LogP contribution in [0.25, 0.3) is 10.9 Å². The van der Waals surface area contributed by atoms with Gasteiger partial charge >= 0.3 is 0 Å². The zero-order valence-corrected chi connectivity index (χ0v) is 18.7. The number of pyridine rings is 1. The zero-order chi connectivity index (χ0) is 25.1. The summed E-state index contributed by atoms with van der Waals surface area (Å²) in [5.41, 5.74) is 2.73. The Morgan fingerprint density at radius 3 is 1.67 bits per heavy atom. The molecule has 9 nitrogen and oxygen atoms in total. The Balaban J connectivity index is 1.50. The molecule has 0 unspecified atom stereocenters. The summed E-state index contributed by atoms with van der Waals surface area (Å²) in [6.45, 7) is 0. The van der Waals surface area contributed by atoms with Gasteiger partial charge in [0.25, 0.3) is 11.4 Å². The van der Waals surface area contributed by atoms with E-state index in [1.165, 1.54) is 24.3 Å². The predicted octanol–water partition coefficient (Wildman–Crippen LogP) is 7.31. The van der Waals surface area contributed by atoms with Crippen LogP contribution in [0.1, 0.15) is 0 Å². The van der Waals surface area contributed by atoms with E-state index in [0.29, 0.717) is 22.9 Å². The van der Waals surface area contributed by atoms with Crippen molar-refractivity contribution in [2.24, 2.45) is 0 Å². The second kappa shape index (κ2) is 9.51. The first kappa shape index (κ1) is 22.5. The van der Waals surface area contributed by atoms with Crippen molar-refractivity contribution in [1.82, 2.24) is 4.98 Å². The number of benzene rings is 4. The van der Waals surface area contributed by atoms with Crippen LogP contribution < -0.4 is 9.64 Å². The van der Waals surface area contributed by atoms with Gasteiger partial charge in [-0.15, -0.1) is 0 Å². The Kier molecular flexibility index (Phi) is 5.94. The van der Waals surface area contributed by atoms with Gasteiger partial charge in [0.15, 0.2) is 5.75 Å². The van der Waals surface area contributed by atoms with Gasteiger partial charge in [-0.3, -0.25) is 25.2 Å². The van der Waals surface area contributed by atoms with Gasteiger partial charge in [0.2, 0.25) is 0 Å². The maximum atomic E-state index is 11.1. The minimum absolute atomic E-state index is 0.0326. The molecule has 0 saturated heterocycles. The number of nitro groups is 2. The molecule has 5 rings (SSSR count). The topological polar surface area (TPSA) is 112 Å². The number of nitrogens with zero attached hydrogens (tertiary/aromatic N) is 4. The fourth-order valence-electron chi connectivity index (χ4n) is 3.84. The van der Waals surface area contributed by atoms with Crippen LogP contribution in [-0.4, -0.2) is 14.8 Å². The van der Waals surface area contributed by atoms with Crippen LogP contribution in [0.4, 0.5) is 28.4 Å². The van der Waals surface area contributed by atoms with Gasteiger partial charge in [-0.2, -0.15) is 0 Å². The number of anilines is 3. The van der Waals surface area contributed by atoms with Crippen molar-refractivity contribution in [3.63, 3.8) is 0 Å². The van der Waals surface area contributed by atoms with Crippen molar-refractivity contribution < 1.29 is 14.6 Å². The highest BCUT2D eigenvalue weighted by Gasteiger charge is 2.16. The number of hydrogen-bond acceptors (Lipinski definition) is 7. The van der Waals surface area contributed by atoms with Crippen molar-refractivity contribution >= 4 is 39.3 Å². The van der Waals surface area contributed by atoms with E-state index < -0.39 is 9.85 Å². The predicted molar refractivity (Wildman–Crippen MR) is 136 cm³/mol. The van der Waals surface area contributed by atoms with Gasteiger partial charge in [-0.05, 0) is 60.7 Å². The highest BCUT2D eigenvalue weighted by Crippen LogP contribution is 2.37. The summed E-state index contributed by atoms with van der Waals surface area (Å²) in [5, 5.41) is 23.2. The third-order valence-electron chi connectivity index (χ3n) is 5.56. The third kappa shape index (κ3) is 4.53. The number of fused-ring (bicyclic) bond motifs is 1. The number of non-ortho nitro benzene ring substituents is 2. The minimum atomic E-state index is -0.464. The lowest BCUT2D eigenvalue weighted by molar-refractivity contribution is -0.385. The van der Waals surface area contributed by atoms with Crippen LogP contribution in [0.2, 0.25) is 0 Å². The summed E-state index contributed by atoms with van der Waals surface area (Å²) < 4.78 is 6.09. The normalized spacial score (nSPS) is 10.7. The molecule has 0 spiro atoms. The van der Waals surface area contributed by atoms with Crippen molar-refractivity contribution in [1.29, 1.82) is 0 Å². The lowest BCUT2D eigenvalue weighted by Gasteiger charge is -2.25. The largest absolute Gasteiger partial charge is 0.455 e. The summed E-state index contributed by atoms with van der Waals surface area (Å²) in [5.74, 6) is 1.23. The van der Waals surface area contributed by atoms with Crippen molar-refractivity contribution in [3.8, 4) is 11.5 Å². The van der Waals surface area contributed by atoms with E-state index in [4.69, 9.17) is 4.74 Å². The van der Waals surface area contributed by atoms with Crippen molar-refractivity contribution in [3.05, 3.63) is 130 Å². The minimum Gasteiger partial charge on any atom is -0.455 e. The third-order valence-corrected chi connectivity index (χ3v) is 5.56. The molecule has 0 radical (unpaired) electrons. The van der Waals surface area contributed by atoms with Crippen LogP contribution >= 0.6 is 0 Å². The smallest absolute Gasteiger partial charge is 0.269 e. The molecule has 176 valence electrons. The quantitative estimate of drug-likeness (QED) is 0.178. The molecular weight excluding hydrogens is 460 g/mol. The van der Waals surface area contributed by atoms with Gasteiger partial charge in [0, 0.05) is 52.9 Å². The molecule has 4 aromatic carbocycles. The van der Waals surface area contributed by atoms with Gasteiger partial charge in [0.1, 0.15) is 11.3 Å². The average Bonchev–Trinajstić information content (AvgIpc) is 2.91. The van der Waals surface area contributed by atoms with Crippen molar-refractivity contribution in [2.45, 2.75) is 0 Å². The molecule has 0 aliphatic rings. The lowest BCUT2D eigenvalue weighted by atomic mass is 10.1. The molecule has 0 aliphatic heterocycles. The molecule has 0 bridgehead atoms. The number of hydrogen-bond donors (Lipinski definition) is 0. The molecule has 5 aromatic rings. The summed E-state index contributed by atoms with van der Waals surface area (Å²) >= 11 is 0. The second-order valence-electron chi connectivity index (χ2n) is 7.81. The molecule has 1 aromatic heterocycles. The van der Waals surface area contributed by atoms with Crippen LogP contribution in [-0.2, 0) is 0 Å². The Morgan fingerprint density at radius 1 is 0.639 bits per heavy atom. The fraction of sp³-hybridized carbons (Fsp3) is 0. The zero-order valence-electron chi connectivity index (χ0n) is 18.7. The Labute approximate surface area is 205 Å². The summed E-state index contributed by atoms with van der Waals surface area (Å²) in [6.07, 6.45) is 1.71. The van der Waals surface area contributed by atoms with E-state index in [2.05, 4.69) is 4.98 Å². The molecule has 9 heteroatoms. The van der Waals surface area contributed by atoms with Gasteiger partial charge in [-0.25, -0.2) is 0 Å². The van der Waals surface area contributed by atoms with Gasteiger partial charge in [0.05, 0.1) is 9.85 Å². The first-order valence-corrected chi connectivity index (χ1v) is 10.9. The summed E-state index contributed by atoms with van der Waals surface area (Å²) in [6, 6.07) is 29.0. The van der Waals surface area contributed by atoms with Crippen LogP contribution in [0, 0.1) is 20.2 Å². The molecule has 0 saturated carbocycles. The standard InChI is InChI=1S/C27H18N4O5/c32-30(33)23-10-6-20(7-11-23)29(21-8-12-24(13-9-21)31(34)35)22-14-16-25(17-15-22)36-26-5-1-3-19-4-2-18-28-27(19)26/h1-18H.